The van der Waals surface area contributed by atoms with Crippen LogP contribution in [0.4, 0.5) is 18.9 Å². The van der Waals surface area contributed by atoms with Crippen molar-refractivity contribution in [2.45, 2.75) is 6.18 Å². The van der Waals surface area contributed by atoms with Crippen molar-refractivity contribution in [3.05, 3.63) is 46.0 Å². The Morgan fingerprint density at radius 2 is 1.73 bits per heavy atom. The molecule has 0 aliphatic rings. The molecule has 0 saturated heterocycles. The van der Waals surface area contributed by atoms with Crippen LogP contribution in [-0.4, -0.2) is 11.1 Å². The Morgan fingerprint density at radius 3 is 2.13 bits per heavy atom. The molecule has 3 nitrogen and oxygen atoms in total. The van der Waals surface area contributed by atoms with Crippen molar-refractivity contribution in [2.75, 3.05) is 0 Å². The van der Waals surface area contributed by atoms with E-state index in [1.807, 2.05) is 0 Å². The molecule has 0 saturated carbocycles. The molecule has 0 spiro atoms. The van der Waals surface area contributed by atoms with Crippen LogP contribution >= 0.6 is 0 Å². The minimum Gasteiger partial charge on any atom is -0.258 e. The predicted molar refractivity (Wildman–Crippen MR) is 48.2 cm³/mol. The van der Waals surface area contributed by atoms with Gasteiger partial charge in [-0.15, -0.1) is 0 Å². The Balaban J connectivity index is 2.82. The fourth-order valence-corrected chi connectivity index (χ4v) is 0.898. The first-order chi connectivity index (χ1) is 6.88. The highest BCUT2D eigenvalue weighted by Crippen LogP contribution is 2.19. The summed E-state index contributed by atoms with van der Waals surface area (Å²) in [6.07, 6.45) is -3.44. The van der Waals surface area contributed by atoms with E-state index in [-0.39, 0.29) is 17.3 Å². The smallest absolute Gasteiger partial charge is 0.258 e. The Labute approximate surface area is 83.0 Å². The topological polar surface area (TPSA) is 43.1 Å². The zero-order valence-corrected chi connectivity index (χ0v) is 7.36. The standard InChI is InChI=1S/C9H6F3NO2/c10-9(11,12)6-5-7-1-3-8(4-2-7)13(14)15/h1-6H/b6-5+. The van der Waals surface area contributed by atoms with E-state index in [1.165, 1.54) is 12.1 Å². The lowest BCUT2D eigenvalue weighted by molar-refractivity contribution is -0.384. The summed E-state index contributed by atoms with van der Waals surface area (Å²) in [5.74, 6) is 0. The number of benzene rings is 1. The SMILES string of the molecule is O=[N+]([O-])c1ccc(/C=C/C(F)(F)F)cc1. The van der Waals surface area contributed by atoms with Crippen LogP contribution in [0.5, 0.6) is 0 Å². The van der Waals surface area contributed by atoms with E-state index in [2.05, 4.69) is 0 Å². The molecule has 15 heavy (non-hydrogen) atoms. The second-order valence-electron chi connectivity index (χ2n) is 2.72. The maximum absolute atomic E-state index is 11.8. The zero-order chi connectivity index (χ0) is 11.5. The van der Waals surface area contributed by atoms with E-state index in [4.69, 9.17) is 0 Å². The van der Waals surface area contributed by atoms with Crippen LogP contribution in [0.1, 0.15) is 5.56 Å². The molecular weight excluding hydrogens is 211 g/mol. The van der Waals surface area contributed by atoms with Gasteiger partial charge in [0.1, 0.15) is 0 Å². The molecule has 0 fully saturated rings. The van der Waals surface area contributed by atoms with Crippen molar-refractivity contribution in [3.8, 4) is 0 Å². The monoisotopic (exact) mass is 217 g/mol. The largest absolute Gasteiger partial charge is 0.409 e. The molecule has 0 N–H and O–H groups in total. The summed E-state index contributed by atoms with van der Waals surface area (Å²) in [6, 6.07) is 4.80. The summed E-state index contributed by atoms with van der Waals surface area (Å²) in [7, 11) is 0. The van der Waals surface area contributed by atoms with Crippen LogP contribution in [0, 0.1) is 10.1 Å². The molecule has 80 valence electrons. The third-order valence-corrected chi connectivity index (χ3v) is 1.57. The van der Waals surface area contributed by atoms with Gasteiger partial charge < -0.3 is 0 Å². The molecule has 1 aromatic carbocycles. The normalized spacial score (nSPS) is 11.9. The van der Waals surface area contributed by atoms with Crippen LogP contribution < -0.4 is 0 Å². The second-order valence-corrected chi connectivity index (χ2v) is 2.72. The van der Waals surface area contributed by atoms with Gasteiger partial charge in [-0.2, -0.15) is 13.2 Å². The van der Waals surface area contributed by atoms with Crippen molar-refractivity contribution in [1.29, 1.82) is 0 Å². The number of nitrogens with zero attached hydrogens (tertiary/aromatic N) is 1. The third-order valence-electron chi connectivity index (χ3n) is 1.57. The maximum Gasteiger partial charge on any atom is 0.409 e. The second kappa shape index (κ2) is 4.12. The highest BCUT2D eigenvalue weighted by Gasteiger charge is 2.21. The van der Waals surface area contributed by atoms with Gasteiger partial charge in [0.15, 0.2) is 0 Å². The lowest BCUT2D eigenvalue weighted by Crippen LogP contribution is -2.00. The minimum absolute atomic E-state index is 0.0775. The van der Waals surface area contributed by atoms with E-state index in [0.29, 0.717) is 0 Å². The van der Waals surface area contributed by atoms with Crippen LogP contribution in [0.2, 0.25) is 0 Å². The first-order valence-electron chi connectivity index (χ1n) is 3.89. The number of halogens is 3. The summed E-state index contributed by atoms with van der Waals surface area (Å²) >= 11 is 0. The molecule has 0 aromatic heterocycles. The molecule has 0 aliphatic heterocycles. The number of rotatable bonds is 2. The quantitative estimate of drug-likeness (QED) is 0.564. The summed E-state index contributed by atoms with van der Waals surface area (Å²) in [6.45, 7) is 0. The fourth-order valence-electron chi connectivity index (χ4n) is 0.898. The van der Waals surface area contributed by atoms with Crippen LogP contribution in [0.15, 0.2) is 30.3 Å². The molecule has 0 radical (unpaired) electrons. The summed E-state index contributed by atoms with van der Waals surface area (Å²) < 4.78 is 35.3. The zero-order valence-electron chi connectivity index (χ0n) is 7.36. The predicted octanol–water partition coefficient (Wildman–Crippen LogP) is 3.17. The van der Waals surface area contributed by atoms with E-state index in [0.717, 1.165) is 18.2 Å². The lowest BCUT2D eigenvalue weighted by Gasteiger charge is -1.97. The molecule has 1 rings (SSSR count). The van der Waals surface area contributed by atoms with Gasteiger partial charge >= 0.3 is 6.18 Å². The Bertz CT molecular complexity index is 381. The van der Waals surface area contributed by atoms with Crippen molar-refractivity contribution in [3.63, 3.8) is 0 Å². The van der Waals surface area contributed by atoms with Gasteiger partial charge in [-0.3, -0.25) is 10.1 Å². The van der Waals surface area contributed by atoms with Gasteiger partial charge in [0, 0.05) is 18.2 Å². The minimum atomic E-state index is -4.37. The lowest BCUT2D eigenvalue weighted by atomic mass is 10.2. The van der Waals surface area contributed by atoms with Gasteiger partial charge in [-0.25, -0.2) is 0 Å². The molecule has 0 bridgehead atoms. The maximum atomic E-state index is 11.8. The van der Waals surface area contributed by atoms with Gasteiger partial charge in [0.25, 0.3) is 5.69 Å². The highest BCUT2D eigenvalue weighted by atomic mass is 19.4. The van der Waals surface area contributed by atoms with E-state index in [9.17, 15) is 23.3 Å². The highest BCUT2D eigenvalue weighted by molar-refractivity contribution is 5.52. The molecule has 1 aromatic rings. The molecular formula is C9H6F3NO2. The number of nitro groups is 1. The van der Waals surface area contributed by atoms with Gasteiger partial charge in [-0.1, -0.05) is 6.08 Å². The van der Waals surface area contributed by atoms with E-state index >= 15 is 0 Å². The number of allylic oxidation sites excluding steroid dienone is 1. The van der Waals surface area contributed by atoms with Crippen molar-refractivity contribution in [2.24, 2.45) is 0 Å². The molecule has 0 unspecified atom stereocenters. The van der Waals surface area contributed by atoms with Gasteiger partial charge in [-0.05, 0) is 17.7 Å². The van der Waals surface area contributed by atoms with E-state index in [1.54, 1.807) is 0 Å². The molecule has 6 heteroatoms. The van der Waals surface area contributed by atoms with E-state index < -0.39 is 11.1 Å². The number of hydrogen-bond acceptors (Lipinski definition) is 2. The number of hydrogen-bond donors (Lipinski definition) is 0. The first-order valence-corrected chi connectivity index (χ1v) is 3.89. The third kappa shape index (κ3) is 3.80. The summed E-state index contributed by atoms with van der Waals surface area (Å²) in [4.78, 5) is 9.62. The fraction of sp³-hybridized carbons (Fsp3) is 0.111. The number of non-ortho nitro benzene ring substituents is 1. The average Bonchev–Trinajstić information content (AvgIpc) is 2.14. The molecule has 0 amide bonds. The van der Waals surface area contributed by atoms with Gasteiger partial charge in [0.2, 0.25) is 0 Å². The Kier molecular flexibility index (Phi) is 3.08. The van der Waals surface area contributed by atoms with Crippen LogP contribution in [0.25, 0.3) is 6.08 Å². The molecule has 0 aliphatic carbocycles. The first kappa shape index (κ1) is 11.2. The van der Waals surface area contributed by atoms with Crippen LogP contribution in [0.3, 0.4) is 0 Å². The average molecular weight is 217 g/mol. The van der Waals surface area contributed by atoms with Crippen LogP contribution in [-0.2, 0) is 0 Å². The van der Waals surface area contributed by atoms with Gasteiger partial charge in [0.05, 0.1) is 4.92 Å². The number of alkyl halides is 3. The van der Waals surface area contributed by atoms with Crippen molar-refractivity contribution >= 4 is 11.8 Å². The number of nitro benzene ring substituents is 1. The molecule has 0 heterocycles. The summed E-state index contributed by atoms with van der Waals surface area (Å²) in [5, 5.41) is 10.2. The Hall–Kier alpha value is -1.85. The van der Waals surface area contributed by atoms with Crippen molar-refractivity contribution < 1.29 is 18.1 Å². The molecule has 0 atom stereocenters. The van der Waals surface area contributed by atoms with Crippen molar-refractivity contribution in [1.82, 2.24) is 0 Å². The summed E-state index contributed by atoms with van der Waals surface area (Å²) in [5.41, 5.74) is 0.108. The Morgan fingerprint density at radius 1 is 1.20 bits per heavy atom.